The Morgan fingerprint density at radius 1 is 0.960 bits per heavy atom. The first-order valence-electron chi connectivity index (χ1n) is 7.98. The SMILES string of the molecule is CC(Oc1ccc(C(C)C)cc1)C(=O)Nc1ccccc1OC(F)F. The summed E-state index contributed by atoms with van der Waals surface area (Å²) in [5.74, 6) is 0.405. The Hall–Kier alpha value is -2.63. The molecule has 0 fully saturated rings. The van der Waals surface area contributed by atoms with Crippen molar-refractivity contribution in [1.29, 1.82) is 0 Å². The molecule has 1 atom stereocenters. The fourth-order valence-corrected chi connectivity index (χ4v) is 2.19. The van der Waals surface area contributed by atoms with Gasteiger partial charge in [-0.2, -0.15) is 8.78 Å². The second-order valence-corrected chi connectivity index (χ2v) is 5.85. The zero-order chi connectivity index (χ0) is 18.4. The van der Waals surface area contributed by atoms with E-state index in [2.05, 4.69) is 23.9 Å². The average molecular weight is 349 g/mol. The van der Waals surface area contributed by atoms with Gasteiger partial charge in [-0.25, -0.2) is 0 Å². The van der Waals surface area contributed by atoms with E-state index in [4.69, 9.17) is 4.74 Å². The van der Waals surface area contributed by atoms with Crippen LogP contribution in [0.25, 0.3) is 0 Å². The highest BCUT2D eigenvalue weighted by atomic mass is 19.3. The second kappa shape index (κ2) is 8.46. The van der Waals surface area contributed by atoms with Crippen molar-refractivity contribution in [2.75, 3.05) is 5.32 Å². The third-order valence-electron chi connectivity index (χ3n) is 3.59. The van der Waals surface area contributed by atoms with Crippen molar-refractivity contribution in [2.45, 2.75) is 39.4 Å². The van der Waals surface area contributed by atoms with Gasteiger partial charge < -0.3 is 14.8 Å². The minimum absolute atomic E-state index is 0.0978. The lowest BCUT2D eigenvalue weighted by Gasteiger charge is -2.17. The minimum atomic E-state index is -2.97. The van der Waals surface area contributed by atoms with Gasteiger partial charge in [0.15, 0.2) is 6.10 Å². The Labute approximate surface area is 145 Å². The summed E-state index contributed by atoms with van der Waals surface area (Å²) in [6.45, 7) is 2.80. The molecule has 0 radical (unpaired) electrons. The van der Waals surface area contributed by atoms with E-state index in [1.54, 1.807) is 31.2 Å². The summed E-state index contributed by atoms with van der Waals surface area (Å²) in [5, 5.41) is 2.54. The first-order chi connectivity index (χ1) is 11.9. The number of carbonyl (C=O) groups excluding carboxylic acids is 1. The summed E-state index contributed by atoms with van der Waals surface area (Å²) in [7, 11) is 0. The molecule has 6 heteroatoms. The number of hydrogen-bond acceptors (Lipinski definition) is 3. The predicted molar refractivity (Wildman–Crippen MR) is 92.3 cm³/mol. The summed E-state index contributed by atoms with van der Waals surface area (Å²) in [5.41, 5.74) is 1.33. The number of amides is 1. The molecule has 0 bridgehead atoms. The molecule has 134 valence electrons. The lowest BCUT2D eigenvalue weighted by Crippen LogP contribution is -2.30. The van der Waals surface area contributed by atoms with Crippen LogP contribution in [0.2, 0.25) is 0 Å². The summed E-state index contributed by atoms with van der Waals surface area (Å²) in [4.78, 5) is 12.3. The molecule has 0 aliphatic rings. The van der Waals surface area contributed by atoms with Crippen molar-refractivity contribution in [3.8, 4) is 11.5 Å². The number of hydrogen-bond donors (Lipinski definition) is 1. The Kier molecular flexibility index (Phi) is 6.33. The van der Waals surface area contributed by atoms with Gasteiger partial charge in [0.05, 0.1) is 5.69 Å². The van der Waals surface area contributed by atoms with Gasteiger partial charge in [0.1, 0.15) is 11.5 Å². The minimum Gasteiger partial charge on any atom is -0.481 e. The van der Waals surface area contributed by atoms with Gasteiger partial charge in [0, 0.05) is 0 Å². The maximum absolute atomic E-state index is 12.4. The van der Waals surface area contributed by atoms with Gasteiger partial charge in [-0.05, 0) is 42.7 Å². The van der Waals surface area contributed by atoms with Gasteiger partial charge in [-0.3, -0.25) is 4.79 Å². The molecular weight excluding hydrogens is 328 g/mol. The molecular formula is C19H21F2NO3. The van der Waals surface area contributed by atoms with Crippen LogP contribution >= 0.6 is 0 Å². The van der Waals surface area contributed by atoms with E-state index in [-0.39, 0.29) is 11.4 Å². The average Bonchev–Trinajstić information content (AvgIpc) is 2.56. The Bertz CT molecular complexity index is 702. The quantitative estimate of drug-likeness (QED) is 0.780. The van der Waals surface area contributed by atoms with Crippen LogP contribution in [-0.2, 0) is 4.79 Å². The van der Waals surface area contributed by atoms with Crippen molar-refractivity contribution < 1.29 is 23.0 Å². The van der Waals surface area contributed by atoms with Gasteiger partial charge >= 0.3 is 6.61 Å². The van der Waals surface area contributed by atoms with Crippen LogP contribution in [0.3, 0.4) is 0 Å². The van der Waals surface area contributed by atoms with Crippen LogP contribution in [0, 0.1) is 0 Å². The standard InChI is InChI=1S/C19H21F2NO3/c1-12(2)14-8-10-15(11-9-14)24-13(3)18(23)22-16-6-4-5-7-17(16)25-19(20)21/h4-13,19H,1-3H3,(H,22,23). The third-order valence-corrected chi connectivity index (χ3v) is 3.59. The van der Waals surface area contributed by atoms with Crippen LogP contribution in [0.15, 0.2) is 48.5 Å². The molecule has 2 aromatic carbocycles. The number of benzene rings is 2. The number of rotatable bonds is 7. The van der Waals surface area contributed by atoms with E-state index in [0.717, 1.165) is 0 Å². The molecule has 1 amide bonds. The molecule has 0 heterocycles. The zero-order valence-corrected chi connectivity index (χ0v) is 14.3. The molecule has 0 aliphatic heterocycles. The number of para-hydroxylation sites is 2. The first-order valence-corrected chi connectivity index (χ1v) is 7.98. The number of ether oxygens (including phenoxy) is 2. The van der Waals surface area contributed by atoms with Crippen molar-refractivity contribution >= 4 is 11.6 Å². The van der Waals surface area contributed by atoms with Crippen LogP contribution in [0.4, 0.5) is 14.5 Å². The molecule has 0 aliphatic carbocycles. The molecule has 0 aromatic heterocycles. The number of halogens is 2. The maximum Gasteiger partial charge on any atom is 0.387 e. The molecule has 2 rings (SSSR count). The van der Waals surface area contributed by atoms with Crippen LogP contribution in [0.1, 0.15) is 32.3 Å². The zero-order valence-electron chi connectivity index (χ0n) is 14.3. The summed E-state index contributed by atoms with van der Waals surface area (Å²) in [6.07, 6.45) is -0.801. The van der Waals surface area contributed by atoms with Gasteiger partial charge in [-0.1, -0.05) is 38.1 Å². The number of alkyl halides is 2. The summed E-state index contributed by atoms with van der Waals surface area (Å²) < 4.78 is 34.8. The number of nitrogens with one attached hydrogen (secondary N) is 1. The molecule has 25 heavy (non-hydrogen) atoms. The third kappa shape index (κ3) is 5.45. The van der Waals surface area contributed by atoms with Gasteiger partial charge in [0.25, 0.3) is 5.91 Å². The van der Waals surface area contributed by atoms with E-state index in [9.17, 15) is 13.6 Å². The summed E-state index contributed by atoms with van der Waals surface area (Å²) >= 11 is 0. The van der Waals surface area contributed by atoms with E-state index in [1.165, 1.54) is 17.7 Å². The largest absolute Gasteiger partial charge is 0.481 e. The van der Waals surface area contributed by atoms with Crippen molar-refractivity contribution in [1.82, 2.24) is 0 Å². The Morgan fingerprint density at radius 3 is 2.20 bits per heavy atom. The molecule has 1 unspecified atom stereocenters. The van der Waals surface area contributed by atoms with Crippen molar-refractivity contribution in [3.63, 3.8) is 0 Å². The van der Waals surface area contributed by atoms with E-state index in [1.807, 2.05) is 12.1 Å². The normalized spacial score (nSPS) is 12.1. The predicted octanol–water partition coefficient (Wildman–Crippen LogP) is 4.82. The lowest BCUT2D eigenvalue weighted by atomic mass is 10.0. The molecule has 4 nitrogen and oxygen atoms in total. The molecule has 0 saturated carbocycles. The highest BCUT2D eigenvalue weighted by Crippen LogP contribution is 2.26. The molecule has 1 N–H and O–H groups in total. The highest BCUT2D eigenvalue weighted by molar-refractivity contribution is 5.95. The Balaban J connectivity index is 2.01. The molecule has 0 spiro atoms. The number of carbonyl (C=O) groups is 1. The van der Waals surface area contributed by atoms with Crippen LogP contribution < -0.4 is 14.8 Å². The lowest BCUT2D eigenvalue weighted by molar-refractivity contribution is -0.122. The fourth-order valence-electron chi connectivity index (χ4n) is 2.19. The highest BCUT2D eigenvalue weighted by Gasteiger charge is 2.18. The van der Waals surface area contributed by atoms with Crippen molar-refractivity contribution in [2.24, 2.45) is 0 Å². The van der Waals surface area contributed by atoms with Crippen LogP contribution in [-0.4, -0.2) is 18.6 Å². The second-order valence-electron chi connectivity index (χ2n) is 5.85. The number of anilines is 1. The first kappa shape index (κ1) is 18.7. The van der Waals surface area contributed by atoms with Gasteiger partial charge in [0.2, 0.25) is 0 Å². The molecule has 2 aromatic rings. The van der Waals surface area contributed by atoms with E-state index >= 15 is 0 Å². The molecule has 0 saturated heterocycles. The Morgan fingerprint density at radius 2 is 1.60 bits per heavy atom. The monoisotopic (exact) mass is 349 g/mol. The maximum atomic E-state index is 12.4. The summed E-state index contributed by atoms with van der Waals surface area (Å²) in [6, 6.07) is 13.5. The van der Waals surface area contributed by atoms with E-state index < -0.39 is 18.6 Å². The smallest absolute Gasteiger partial charge is 0.387 e. The van der Waals surface area contributed by atoms with E-state index in [0.29, 0.717) is 11.7 Å². The topological polar surface area (TPSA) is 47.6 Å². The van der Waals surface area contributed by atoms with Crippen molar-refractivity contribution in [3.05, 3.63) is 54.1 Å². The fraction of sp³-hybridized carbons (Fsp3) is 0.316. The van der Waals surface area contributed by atoms with Crippen LogP contribution in [0.5, 0.6) is 11.5 Å². The van der Waals surface area contributed by atoms with Gasteiger partial charge in [-0.15, -0.1) is 0 Å².